The largest absolute Gasteiger partial charge is 0.388 e. The van der Waals surface area contributed by atoms with Gasteiger partial charge in [-0.3, -0.25) is 0 Å². The summed E-state index contributed by atoms with van der Waals surface area (Å²) in [5, 5.41) is 14.8. The average Bonchev–Trinajstić information content (AvgIpc) is 2.71. The predicted molar refractivity (Wildman–Crippen MR) is 79.2 cm³/mol. The van der Waals surface area contributed by atoms with Gasteiger partial charge in [-0.05, 0) is 32.6 Å². The monoisotopic (exact) mass is 261 g/mol. The molecule has 3 N–H and O–H groups in total. The molecule has 104 valence electrons. The zero-order chi connectivity index (χ0) is 13.9. The summed E-state index contributed by atoms with van der Waals surface area (Å²) >= 11 is 0. The van der Waals surface area contributed by atoms with Gasteiger partial charge in [0.1, 0.15) is 0 Å². The number of H-pyrrole nitrogens is 1. The highest BCUT2D eigenvalue weighted by molar-refractivity contribution is 5.82. The van der Waals surface area contributed by atoms with Crippen LogP contribution >= 0.6 is 0 Å². The van der Waals surface area contributed by atoms with E-state index in [0.29, 0.717) is 13.1 Å². The summed E-state index contributed by atoms with van der Waals surface area (Å²) in [5.41, 5.74) is 1.67. The highest BCUT2D eigenvalue weighted by atomic mass is 16.3. The van der Waals surface area contributed by atoms with Crippen molar-refractivity contribution in [3.05, 3.63) is 36.0 Å². The van der Waals surface area contributed by atoms with Crippen LogP contribution in [0.5, 0.6) is 0 Å². The van der Waals surface area contributed by atoms with E-state index >= 15 is 0 Å². The summed E-state index contributed by atoms with van der Waals surface area (Å²) in [4.78, 5) is 5.25. The van der Waals surface area contributed by atoms with Gasteiger partial charge in [-0.15, -0.1) is 0 Å². The maximum Gasteiger partial charge on any atom is 0.0869 e. The van der Waals surface area contributed by atoms with E-state index in [1.54, 1.807) is 0 Å². The van der Waals surface area contributed by atoms with Gasteiger partial charge >= 0.3 is 0 Å². The smallest absolute Gasteiger partial charge is 0.0869 e. The van der Waals surface area contributed by atoms with Crippen LogP contribution in [-0.2, 0) is 6.54 Å². The van der Waals surface area contributed by atoms with Crippen LogP contribution in [0, 0.1) is 0 Å². The molecule has 0 aliphatic heterocycles. The Labute approximate surface area is 114 Å². The van der Waals surface area contributed by atoms with E-state index in [1.165, 1.54) is 10.9 Å². The fourth-order valence-corrected chi connectivity index (χ4v) is 2.48. The second-order valence-electron chi connectivity index (χ2n) is 5.70. The molecule has 0 amide bonds. The van der Waals surface area contributed by atoms with Gasteiger partial charge in [0.25, 0.3) is 0 Å². The van der Waals surface area contributed by atoms with Gasteiger partial charge in [-0.25, -0.2) is 0 Å². The maximum atomic E-state index is 10.2. The van der Waals surface area contributed by atoms with Gasteiger partial charge in [0, 0.05) is 36.7 Å². The zero-order valence-electron chi connectivity index (χ0n) is 11.9. The van der Waals surface area contributed by atoms with E-state index < -0.39 is 5.60 Å². The second-order valence-corrected chi connectivity index (χ2v) is 5.70. The Morgan fingerprint density at radius 1 is 1.32 bits per heavy atom. The molecule has 0 saturated heterocycles. The van der Waals surface area contributed by atoms with Crippen LogP contribution in [0.25, 0.3) is 10.9 Å². The van der Waals surface area contributed by atoms with Crippen molar-refractivity contribution in [2.75, 3.05) is 27.2 Å². The number of hydrogen-bond donors (Lipinski definition) is 3. The van der Waals surface area contributed by atoms with Crippen LogP contribution in [-0.4, -0.2) is 47.8 Å². The van der Waals surface area contributed by atoms with E-state index in [9.17, 15) is 5.11 Å². The van der Waals surface area contributed by atoms with E-state index in [4.69, 9.17) is 0 Å². The molecule has 0 saturated carbocycles. The molecular weight excluding hydrogens is 238 g/mol. The number of aromatic nitrogens is 1. The Kier molecular flexibility index (Phi) is 4.24. The number of nitrogens with one attached hydrogen (secondary N) is 2. The number of fused-ring (bicyclic) bond motifs is 1. The quantitative estimate of drug-likeness (QED) is 0.740. The first-order valence-corrected chi connectivity index (χ1v) is 6.61. The topological polar surface area (TPSA) is 51.3 Å². The third-order valence-corrected chi connectivity index (χ3v) is 3.15. The number of benzene rings is 1. The Morgan fingerprint density at radius 3 is 2.79 bits per heavy atom. The molecule has 4 heteroatoms. The number of aliphatic hydroxyl groups is 1. The number of hydrogen-bond acceptors (Lipinski definition) is 3. The molecule has 1 aromatic carbocycles. The number of para-hydroxylation sites is 1. The minimum Gasteiger partial charge on any atom is -0.388 e. The Balaban J connectivity index is 1.92. The molecule has 2 rings (SSSR count). The zero-order valence-corrected chi connectivity index (χ0v) is 11.9. The van der Waals surface area contributed by atoms with Gasteiger partial charge in [-0.1, -0.05) is 18.2 Å². The lowest BCUT2D eigenvalue weighted by atomic mass is 10.1. The fraction of sp³-hybridized carbons (Fsp3) is 0.467. The summed E-state index contributed by atoms with van der Waals surface area (Å²) < 4.78 is 0. The lowest BCUT2D eigenvalue weighted by Crippen LogP contribution is -2.45. The SMILES string of the molecule is CN(C)CC(C)(O)CNCc1c[nH]c2ccccc12. The van der Waals surface area contributed by atoms with Crippen molar-refractivity contribution in [3.63, 3.8) is 0 Å². The van der Waals surface area contributed by atoms with Crippen molar-refractivity contribution in [1.29, 1.82) is 0 Å². The molecule has 1 unspecified atom stereocenters. The van der Waals surface area contributed by atoms with Crippen molar-refractivity contribution in [3.8, 4) is 0 Å². The first-order chi connectivity index (χ1) is 8.98. The van der Waals surface area contributed by atoms with Crippen LogP contribution in [0.2, 0.25) is 0 Å². The Morgan fingerprint density at radius 2 is 2.05 bits per heavy atom. The van der Waals surface area contributed by atoms with Gasteiger partial charge in [0.15, 0.2) is 0 Å². The molecule has 1 heterocycles. The van der Waals surface area contributed by atoms with E-state index in [-0.39, 0.29) is 0 Å². The summed E-state index contributed by atoms with van der Waals surface area (Å²) in [5.74, 6) is 0. The van der Waals surface area contributed by atoms with Gasteiger partial charge in [0.05, 0.1) is 5.60 Å². The van der Waals surface area contributed by atoms with Gasteiger partial charge in [-0.2, -0.15) is 0 Å². The van der Waals surface area contributed by atoms with E-state index in [0.717, 1.165) is 12.1 Å². The van der Waals surface area contributed by atoms with Crippen LogP contribution in [0.15, 0.2) is 30.5 Å². The summed E-state index contributed by atoms with van der Waals surface area (Å²) in [7, 11) is 3.93. The third kappa shape index (κ3) is 3.80. The molecule has 4 nitrogen and oxygen atoms in total. The molecular formula is C15H23N3O. The second kappa shape index (κ2) is 5.74. The van der Waals surface area contributed by atoms with Crippen molar-refractivity contribution >= 4 is 10.9 Å². The number of aromatic amines is 1. The minimum atomic E-state index is -0.713. The Bertz CT molecular complexity index is 531. The highest BCUT2D eigenvalue weighted by Crippen LogP contribution is 2.17. The van der Waals surface area contributed by atoms with E-state index in [2.05, 4.69) is 22.4 Å². The lowest BCUT2D eigenvalue weighted by Gasteiger charge is -2.27. The molecule has 0 aliphatic rings. The first-order valence-electron chi connectivity index (χ1n) is 6.61. The van der Waals surface area contributed by atoms with Gasteiger partial charge in [0.2, 0.25) is 0 Å². The summed E-state index contributed by atoms with van der Waals surface area (Å²) in [6, 6.07) is 8.25. The maximum absolute atomic E-state index is 10.2. The molecule has 0 radical (unpaired) electrons. The lowest BCUT2D eigenvalue weighted by molar-refractivity contribution is 0.0336. The molecule has 0 fully saturated rings. The minimum absolute atomic E-state index is 0.574. The van der Waals surface area contributed by atoms with Crippen LogP contribution < -0.4 is 5.32 Å². The molecule has 2 aromatic rings. The molecule has 0 spiro atoms. The predicted octanol–water partition coefficient (Wildman–Crippen LogP) is 1.57. The van der Waals surface area contributed by atoms with Crippen molar-refractivity contribution < 1.29 is 5.11 Å². The van der Waals surface area contributed by atoms with Gasteiger partial charge < -0.3 is 20.3 Å². The van der Waals surface area contributed by atoms with Crippen LogP contribution in [0.1, 0.15) is 12.5 Å². The number of rotatable bonds is 6. The molecule has 0 bridgehead atoms. The number of nitrogens with zero attached hydrogens (tertiary/aromatic N) is 1. The molecule has 1 atom stereocenters. The molecule has 0 aliphatic carbocycles. The number of likely N-dealkylation sites (N-methyl/N-ethyl adjacent to an activating group) is 1. The van der Waals surface area contributed by atoms with E-state index in [1.807, 2.05) is 44.2 Å². The third-order valence-electron chi connectivity index (χ3n) is 3.15. The highest BCUT2D eigenvalue weighted by Gasteiger charge is 2.20. The van der Waals surface area contributed by atoms with Crippen molar-refractivity contribution in [1.82, 2.24) is 15.2 Å². The average molecular weight is 261 g/mol. The van der Waals surface area contributed by atoms with Crippen molar-refractivity contribution in [2.24, 2.45) is 0 Å². The molecule has 19 heavy (non-hydrogen) atoms. The van der Waals surface area contributed by atoms with Crippen LogP contribution in [0.4, 0.5) is 0 Å². The Hall–Kier alpha value is -1.36. The first kappa shape index (κ1) is 14.1. The van der Waals surface area contributed by atoms with Crippen molar-refractivity contribution in [2.45, 2.75) is 19.1 Å². The fourth-order valence-electron chi connectivity index (χ4n) is 2.48. The molecule has 1 aromatic heterocycles. The standard InChI is InChI=1S/C15H23N3O/c1-15(19,11-18(2)3)10-16-8-12-9-17-14-7-5-4-6-13(12)14/h4-7,9,16-17,19H,8,10-11H2,1-3H3. The summed E-state index contributed by atoms with van der Waals surface area (Å²) in [6.07, 6.45) is 2.03. The van der Waals surface area contributed by atoms with Crippen LogP contribution in [0.3, 0.4) is 0 Å². The normalized spacial score (nSPS) is 15.0. The summed E-state index contributed by atoms with van der Waals surface area (Å²) in [6.45, 7) is 3.83.